The Morgan fingerprint density at radius 2 is 2.14 bits per heavy atom. The predicted molar refractivity (Wildman–Crippen MR) is 82.7 cm³/mol. The molecule has 0 amide bonds. The van der Waals surface area contributed by atoms with Crippen LogP contribution in [-0.2, 0) is 6.42 Å². The van der Waals surface area contributed by atoms with Gasteiger partial charge in [-0.3, -0.25) is 0 Å². The van der Waals surface area contributed by atoms with E-state index in [0.29, 0.717) is 12.1 Å². The molecule has 0 bridgehead atoms. The van der Waals surface area contributed by atoms with Gasteiger partial charge in [-0.05, 0) is 36.9 Å². The smallest absolute Gasteiger partial charge is 0.186 e. The summed E-state index contributed by atoms with van der Waals surface area (Å²) in [6, 6.07) is 12.4. The van der Waals surface area contributed by atoms with Crippen LogP contribution in [0.15, 0.2) is 35.7 Å². The molecule has 0 fully saturated rings. The van der Waals surface area contributed by atoms with Crippen LogP contribution in [0.2, 0.25) is 0 Å². The maximum atomic E-state index is 9.26. The maximum Gasteiger partial charge on any atom is 0.186 e. The highest BCUT2D eigenvalue weighted by Gasteiger charge is 2.16. The van der Waals surface area contributed by atoms with Gasteiger partial charge in [0.25, 0.3) is 0 Å². The lowest BCUT2D eigenvalue weighted by Gasteiger charge is -2.09. The Balaban J connectivity index is 2.11. The molecule has 3 aromatic rings. The van der Waals surface area contributed by atoms with Crippen LogP contribution >= 0.6 is 11.3 Å². The monoisotopic (exact) mass is 294 g/mol. The SMILES string of the molecule is Cc1ccc(-n2nnc(C#N)c2Cc2cccs2)c(C)c1. The number of nitriles is 1. The second kappa shape index (κ2) is 5.51. The predicted octanol–water partition coefficient (Wildman–Crippen LogP) is 3.41. The van der Waals surface area contributed by atoms with Crippen molar-refractivity contribution in [3.8, 4) is 11.8 Å². The van der Waals surface area contributed by atoms with Crippen LogP contribution in [0.25, 0.3) is 5.69 Å². The minimum Gasteiger partial charge on any atom is -0.216 e. The van der Waals surface area contributed by atoms with E-state index >= 15 is 0 Å². The van der Waals surface area contributed by atoms with E-state index in [0.717, 1.165) is 16.9 Å². The molecule has 2 aromatic heterocycles. The Morgan fingerprint density at radius 1 is 1.29 bits per heavy atom. The van der Waals surface area contributed by atoms with Crippen molar-refractivity contribution >= 4 is 11.3 Å². The van der Waals surface area contributed by atoms with E-state index in [1.54, 1.807) is 16.0 Å². The second-order valence-electron chi connectivity index (χ2n) is 4.95. The molecule has 0 aliphatic rings. The van der Waals surface area contributed by atoms with Gasteiger partial charge < -0.3 is 0 Å². The average Bonchev–Trinajstić information content (AvgIpc) is 3.09. The lowest BCUT2D eigenvalue weighted by Crippen LogP contribution is -2.05. The topological polar surface area (TPSA) is 54.5 Å². The van der Waals surface area contributed by atoms with Crippen molar-refractivity contribution in [2.75, 3.05) is 0 Å². The maximum absolute atomic E-state index is 9.26. The molecule has 0 aliphatic heterocycles. The molecule has 21 heavy (non-hydrogen) atoms. The number of nitrogens with zero attached hydrogens (tertiary/aromatic N) is 4. The fourth-order valence-corrected chi connectivity index (χ4v) is 3.07. The number of rotatable bonds is 3. The van der Waals surface area contributed by atoms with Gasteiger partial charge in [-0.1, -0.05) is 29.0 Å². The summed E-state index contributed by atoms with van der Waals surface area (Å²) >= 11 is 1.67. The molecule has 3 rings (SSSR count). The molecule has 0 atom stereocenters. The Labute approximate surface area is 127 Å². The summed E-state index contributed by atoms with van der Waals surface area (Å²) in [5.74, 6) is 0. The summed E-state index contributed by atoms with van der Waals surface area (Å²) < 4.78 is 1.78. The van der Waals surface area contributed by atoms with Crippen LogP contribution in [0.5, 0.6) is 0 Å². The first-order valence-corrected chi connectivity index (χ1v) is 7.51. The lowest BCUT2D eigenvalue weighted by molar-refractivity contribution is 0.769. The Morgan fingerprint density at radius 3 is 2.81 bits per heavy atom. The molecule has 104 valence electrons. The summed E-state index contributed by atoms with van der Waals surface area (Å²) in [5.41, 5.74) is 4.53. The number of thiophene rings is 1. The highest BCUT2D eigenvalue weighted by Crippen LogP contribution is 2.22. The minimum atomic E-state index is 0.392. The van der Waals surface area contributed by atoms with Crippen LogP contribution in [0.3, 0.4) is 0 Å². The van der Waals surface area contributed by atoms with E-state index in [1.807, 2.05) is 30.5 Å². The number of hydrogen-bond acceptors (Lipinski definition) is 4. The first kappa shape index (κ1) is 13.5. The summed E-state index contributed by atoms with van der Waals surface area (Å²) in [4.78, 5) is 1.19. The van der Waals surface area contributed by atoms with Gasteiger partial charge in [0.05, 0.1) is 11.4 Å². The first-order valence-electron chi connectivity index (χ1n) is 6.63. The van der Waals surface area contributed by atoms with Crippen molar-refractivity contribution in [1.82, 2.24) is 15.0 Å². The van der Waals surface area contributed by atoms with Crippen molar-refractivity contribution in [2.24, 2.45) is 0 Å². The van der Waals surface area contributed by atoms with Gasteiger partial charge in [0.2, 0.25) is 0 Å². The van der Waals surface area contributed by atoms with Gasteiger partial charge in [-0.25, -0.2) is 4.68 Å². The molecule has 0 spiro atoms. The van der Waals surface area contributed by atoms with E-state index in [2.05, 4.69) is 35.4 Å². The molecule has 0 saturated carbocycles. The summed E-state index contributed by atoms with van der Waals surface area (Å²) in [7, 11) is 0. The van der Waals surface area contributed by atoms with Crippen molar-refractivity contribution < 1.29 is 0 Å². The van der Waals surface area contributed by atoms with E-state index in [-0.39, 0.29) is 0 Å². The van der Waals surface area contributed by atoms with Crippen molar-refractivity contribution in [2.45, 2.75) is 20.3 Å². The van der Waals surface area contributed by atoms with E-state index < -0.39 is 0 Å². The third-order valence-corrected chi connectivity index (χ3v) is 4.25. The molecule has 0 unspecified atom stereocenters. The molecule has 5 heteroatoms. The molecule has 0 saturated heterocycles. The standard InChI is InChI=1S/C16H14N4S/c1-11-5-6-15(12(2)8-11)20-16(14(10-17)18-19-20)9-13-4-3-7-21-13/h3-8H,9H2,1-2H3. The molecular formula is C16H14N4S. The first-order chi connectivity index (χ1) is 10.2. The number of aryl methyl sites for hydroxylation is 2. The van der Waals surface area contributed by atoms with Crippen LogP contribution in [-0.4, -0.2) is 15.0 Å². The van der Waals surface area contributed by atoms with Crippen molar-refractivity contribution in [3.05, 3.63) is 63.1 Å². The van der Waals surface area contributed by atoms with E-state index in [9.17, 15) is 5.26 Å². The quantitative estimate of drug-likeness (QED) is 0.744. The fourth-order valence-electron chi connectivity index (χ4n) is 2.36. The van der Waals surface area contributed by atoms with Crippen LogP contribution in [0.4, 0.5) is 0 Å². The average molecular weight is 294 g/mol. The van der Waals surface area contributed by atoms with E-state index in [4.69, 9.17) is 0 Å². The van der Waals surface area contributed by atoms with Gasteiger partial charge >= 0.3 is 0 Å². The highest BCUT2D eigenvalue weighted by molar-refractivity contribution is 7.09. The molecule has 0 N–H and O–H groups in total. The third-order valence-electron chi connectivity index (χ3n) is 3.37. The zero-order valence-electron chi connectivity index (χ0n) is 11.9. The molecule has 0 radical (unpaired) electrons. The van der Waals surface area contributed by atoms with Crippen molar-refractivity contribution in [1.29, 1.82) is 5.26 Å². The summed E-state index contributed by atoms with van der Waals surface area (Å²) in [6.07, 6.45) is 0.668. The molecule has 0 aliphatic carbocycles. The minimum absolute atomic E-state index is 0.392. The largest absolute Gasteiger partial charge is 0.216 e. The number of benzene rings is 1. The molecule has 4 nitrogen and oxygen atoms in total. The van der Waals surface area contributed by atoms with Crippen LogP contribution in [0, 0.1) is 25.2 Å². The summed E-state index contributed by atoms with van der Waals surface area (Å²) in [6.45, 7) is 4.11. The molecule has 1 aromatic carbocycles. The summed E-state index contributed by atoms with van der Waals surface area (Å²) in [5, 5.41) is 19.5. The van der Waals surface area contributed by atoms with Crippen molar-refractivity contribution in [3.63, 3.8) is 0 Å². The fraction of sp³-hybridized carbons (Fsp3) is 0.188. The Bertz CT molecular complexity index is 809. The number of hydrogen-bond donors (Lipinski definition) is 0. The van der Waals surface area contributed by atoms with Gasteiger partial charge in [-0.15, -0.1) is 16.4 Å². The zero-order chi connectivity index (χ0) is 14.8. The molecular weight excluding hydrogens is 280 g/mol. The highest BCUT2D eigenvalue weighted by atomic mass is 32.1. The third kappa shape index (κ3) is 2.58. The van der Waals surface area contributed by atoms with Crippen LogP contribution in [0.1, 0.15) is 27.4 Å². The normalized spacial score (nSPS) is 10.5. The Kier molecular flexibility index (Phi) is 3.55. The van der Waals surface area contributed by atoms with Crippen LogP contribution < -0.4 is 0 Å². The number of aromatic nitrogens is 3. The van der Waals surface area contributed by atoms with Gasteiger partial charge in [-0.2, -0.15) is 5.26 Å². The van der Waals surface area contributed by atoms with E-state index in [1.165, 1.54) is 10.4 Å². The molecule has 2 heterocycles. The van der Waals surface area contributed by atoms with Gasteiger partial charge in [0, 0.05) is 11.3 Å². The van der Waals surface area contributed by atoms with Gasteiger partial charge in [0.15, 0.2) is 5.69 Å². The van der Waals surface area contributed by atoms with Gasteiger partial charge in [0.1, 0.15) is 6.07 Å². The zero-order valence-corrected chi connectivity index (χ0v) is 12.7. The lowest BCUT2D eigenvalue weighted by atomic mass is 10.1. The Hall–Kier alpha value is -2.45. The second-order valence-corrected chi connectivity index (χ2v) is 5.99.